The molecule has 0 radical (unpaired) electrons. The Hall–Kier alpha value is -2.20. The highest BCUT2D eigenvalue weighted by molar-refractivity contribution is 6.04. The van der Waals surface area contributed by atoms with Gasteiger partial charge >= 0.3 is 0 Å². The Labute approximate surface area is 143 Å². The van der Waals surface area contributed by atoms with Gasteiger partial charge in [0.15, 0.2) is 0 Å². The number of halogens is 1. The minimum Gasteiger partial charge on any atom is -0.497 e. The monoisotopic (exact) mass is 334 g/mol. The van der Waals surface area contributed by atoms with Crippen LogP contribution in [-0.4, -0.2) is 26.1 Å². The van der Waals surface area contributed by atoms with Crippen molar-refractivity contribution in [2.75, 3.05) is 30.4 Å². The molecular weight excluding hydrogens is 312 g/mol. The number of methoxy groups -OCH3 is 1. The number of carbonyl (C=O) groups is 1. The highest BCUT2D eigenvalue weighted by Crippen LogP contribution is 2.19. The maximum absolute atomic E-state index is 12.2. The minimum absolute atomic E-state index is 0. The molecule has 5 heteroatoms. The fourth-order valence-corrected chi connectivity index (χ4v) is 2.29. The van der Waals surface area contributed by atoms with Crippen LogP contribution in [0.5, 0.6) is 5.75 Å². The summed E-state index contributed by atoms with van der Waals surface area (Å²) in [6.07, 6.45) is 0. The summed E-state index contributed by atoms with van der Waals surface area (Å²) in [6.45, 7) is 6.19. The third kappa shape index (κ3) is 4.89. The van der Waals surface area contributed by atoms with Crippen molar-refractivity contribution in [3.8, 4) is 5.75 Å². The van der Waals surface area contributed by atoms with E-state index in [0.29, 0.717) is 5.56 Å². The summed E-state index contributed by atoms with van der Waals surface area (Å²) in [7, 11) is 1.60. The number of nitrogens with zero attached hydrogens (tertiary/aromatic N) is 1. The topological polar surface area (TPSA) is 41.6 Å². The van der Waals surface area contributed by atoms with Crippen LogP contribution in [0.15, 0.2) is 48.5 Å². The van der Waals surface area contributed by atoms with Gasteiger partial charge in [0.05, 0.1) is 7.11 Å². The van der Waals surface area contributed by atoms with Crippen LogP contribution in [0.2, 0.25) is 0 Å². The Kier molecular flexibility index (Phi) is 7.42. The molecule has 0 heterocycles. The molecule has 23 heavy (non-hydrogen) atoms. The Morgan fingerprint density at radius 3 is 2.04 bits per heavy atom. The van der Waals surface area contributed by atoms with Crippen molar-refractivity contribution in [2.24, 2.45) is 0 Å². The van der Waals surface area contributed by atoms with Gasteiger partial charge in [0, 0.05) is 30.0 Å². The fourth-order valence-electron chi connectivity index (χ4n) is 2.29. The highest BCUT2D eigenvalue weighted by atomic mass is 35.5. The van der Waals surface area contributed by atoms with E-state index in [0.717, 1.165) is 30.2 Å². The molecular formula is C18H23ClN2O2. The normalized spacial score (nSPS) is 9.70. The molecule has 0 unspecified atom stereocenters. The SMILES string of the molecule is CCN(CC)c1ccc(NC(=O)c2ccc(OC)cc2)cc1.Cl. The number of hydrogen-bond acceptors (Lipinski definition) is 3. The Morgan fingerprint density at radius 2 is 1.57 bits per heavy atom. The Morgan fingerprint density at radius 1 is 1.00 bits per heavy atom. The molecule has 2 rings (SSSR count). The second-order valence-corrected chi connectivity index (χ2v) is 4.90. The zero-order valence-corrected chi connectivity index (χ0v) is 14.5. The van der Waals surface area contributed by atoms with E-state index in [1.54, 1.807) is 31.4 Å². The average molecular weight is 335 g/mol. The maximum Gasteiger partial charge on any atom is 0.255 e. The van der Waals surface area contributed by atoms with Gasteiger partial charge in [-0.3, -0.25) is 4.79 Å². The summed E-state index contributed by atoms with van der Waals surface area (Å²) in [6, 6.07) is 14.9. The first-order valence-electron chi connectivity index (χ1n) is 7.48. The molecule has 0 aliphatic rings. The van der Waals surface area contributed by atoms with Crippen LogP contribution in [0.1, 0.15) is 24.2 Å². The Bertz CT molecular complexity index is 608. The molecule has 0 saturated carbocycles. The first-order valence-corrected chi connectivity index (χ1v) is 7.48. The van der Waals surface area contributed by atoms with Crippen LogP contribution in [0.25, 0.3) is 0 Å². The first-order chi connectivity index (χ1) is 10.7. The summed E-state index contributed by atoms with van der Waals surface area (Å²) in [4.78, 5) is 14.4. The summed E-state index contributed by atoms with van der Waals surface area (Å²) in [5.41, 5.74) is 2.55. The molecule has 1 N–H and O–H groups in total. The summed E-state index contributed by atoms with van der Waals surface area (Å²) in [5, 5.41) is 2.90. The second-order valence-electron chi connectivity index (χ2n) is 4.90. The minimum atomic E-state index is -0.127. The molecule has 0 saturated heterocycles. The van der Waals surface area contributed by atoms with E-state index in [1.807, 2.05) is 24.3 Å². The number of anilines is 2. The summed E-state index contributed by atoms with van der Waals surface area (Å²) in [5.74, 6) is 0.610. The van der Waals surface area contributed by atoms with E-state index < -0.39 is 0 Å². The van der Waals surface area contributed by atoms with Gasteiger partial charge in [0.25, 0.3) is 5.91 Å². The summed E-state index contributed by atoms with van der Waals surface area (Å²) < 4.78 is 5.09. The van der Waals surface area contributed by atoms with Crippen LogP contribution in [0.3, 0.4) is 0 Å². The smallest absolute Gasteiger partial charge is 0.255 e. The lowest BCUT2D eigenvalue weighted by Gasteiger charge is -2.21. The molecule has 0 aromatic heterocycles. The van der Waals surface area contributed by atoms with Crippen molar-refractivity contribution < 1.29 is 9.53 Å². The number of ether oxygens (including phenoxy) is 1. The number of benzene rings is 2. The van der Waals surface area contributed by atoms with Gasteiger partial charge in [-0.25, -0.2) is 0 Å². The van der Waals surface area contributed by atoms with Crippen LogP contribution < -0.4 is 15.0 Å². The standard InChI is InChI=1S/C18H22N2O2.ClH/c1-4-20(5-2)16-10-8-15(9-11-16)19-18(21)14-6-12-17(22-3)13-7-14;/h6-13H,4-5H2,1-3H3,(H,19,21);1H. The molecule has 0 bridgehead atoms. The maximum atomic E-state index is 12.2. The number of nitrogens with one attached hydrogen (secondary N) is 1. The molecule has 0 atom stereocenters. The van der Waals surface area contributed by atoms with Crippen molar-refractivity contribution in [1.82, 2.24) is 0 Å². The van der Waals surface area contributed by atoms with Crippen LogP contribution in [-0.2, 0) is 0 Å². The molecule has 4 nitrogen and oxygen atoms in total. The van der Waals surface area contributed by atoms with Crippen LogP contribution >= 0.6 is 12.4 Å². The van der Waals surface area contributed by atoms with E-state index >= 15 is 0 Å². The van der Waals surface area contributed by atoms with Gasteiger partial charge in [0.2, 0.25) is 0 Å². The van der Waals surface area contributed by atoms with E-state index in [-0.39, 0.29) is 18.3 Å². The zero-order valence-electron chi connectivity index (χ0n) is 13.7. The van der Waals surface area contributed by atoms with E-state index in [9.17, 15) is 4.79 Å². The zero-order chi connectivity index (χ0) is 15.9. The lowest BCUT2D eigenvalue weighted by Crippen LogP contribution is -2.21. The van der Waals surface area contributed by atoms with Gasteiger partial charge in [-0.05, 0) is 62.4 Å². The number of rotatable bonds is 6. The third-order valence-electron chi connectivity index (χ3n) is 3.61. The number of carbonyl (C=O) groups excluding carboxylic acids is 1. The third-order valence-corrected chi connectivity index (χ3v) is 3.61. The van der Waals surface area contributed by atoms with Crippen molar-refractivity contribution in [2.45, 2.75) is 13.8 Å². The van der Waals surface area contributed by atoms with Crippen molar-refractivity contribution >= 4 is 29.7 Å². The largest absolute Gasteiger partial charge is 0.497 e. The predicted octanol–water partition coefficient (Wildman–Crippen LogP) is 4.22. The molecule has 1 amide bonds. The fraction of sp³-hybridized carbons (Fsp3) is 0.278. The van der Waals surface area contributed by atoms with Crippen molar-refractivity contribution in [3.05, 3.63) is 54.1 Å². The molecule has 0 spiro atoms. The van der Waals surface area contributed by atoms with Crippen molar-refractivity contribution in [3.63, 3.8) is 0 Å². The molecule has 2 aromatic rings. The van der Waals surface area contributed by atoms with Gasteiger partial charge in [0.1, 0.15) is 5.75 Å². The number of amides is 1. The number of hydrogen-bond donors (Lipinski definition) is 1. The molecule has 124 valence electrons. The van der Waals surface area contributed by atoms with Gasteiger partial charge in [-0.1, -0.05) is 0 Å². The highest BCUT2D eigenvalue weighted by Gasteiger charge is 2.07. The van der Waals surface area contributed by atoms with Gasteiger partial charge in [-0.15, -0.1) is 12.4 Å². The predicted molar refractivity (Wildman–Crippen MR) is 98.2 cm³/mol. The van der Waals surface area contributed by atoms with Gasteiger partial charge in [-0.2, -0.15) is 0 Å². The molecule has 0 aliphatic heterocycles. The van der Waals surface area contributed by atoms with Crippen LogP contribution in [0, 0.1) is 0 Å². The van der Waals surface area contributed by atoms with Gasteiger partial charge < -0.3 is 15.0 Å². The Balaban J connectivity index is 0.00000264. The first kappa shape index (κ1) is 18.8. The molecule has 2 aromatic carbocycles. The quantitative estimate of drug-likeness (QED) is 0.860. The van der Waals surface area contributed by atoms with Crippen molar-refractivity contribution in [1.29, 1.82) is 0 Å². The summed E-state index contributed by atoms with van der Waals surface area (Å²) >= 11 is 0. The molecule has 0 aliphatic carbocycles. The average Bonchev–Trinajstić information content (AvgIpc) is 2.57. The second kappa shape index (κ2) is 9.06. The lowest BCUT2D eigenvalue weighted by atomic mass is 10.2. The van der Waals surface area contributed by atoms with E-state index in [1.165, 1.54) is 0 Å². The molecule has 0 fully saturated rings. The van der Waals surface area contributed by atoms with Crippen LogP contribution in [0.4, 0.5) is 11.4 Å². The van der Waals surface area contributed by atoms with E-state index in [4.69, 9.17) is 4.74 Å². The van der Waals surface area contributed by atoms with E-state index in [2.05, 4.69) is 24.1 Å². The lowest BCUT2D eigenvalue weighted by molar-refractivity contribution is 0.102.